The average molecular weight is 278 g/mol. The van der Waals surface area contributed by atoms with E-state index < -0.39 is 11.7 Å². The molecule has 102 valence electrons. The van der Waals surface area contributed by atoms with Crippen LogP contribution in [0.3, 0.4) is 0 Å². The largest absolute Gasteiger partial charge is 0.444 e. The Hall–Kier alpha value is -1.54. The van der Waals surface area contributed by atoms with Gasteiger partial charge in [-0.1, -0.05) is 0 Å². The number of anilines is 1. The van der Waals surface area contributed by atoms with Crippen LogP contribution in [0.1, 0.15) is 49.6 Å². The molecule has 0 atom stereocenters. The molecule has 0 aliphatic heterocycles. The molecular weight excluding hydrogens is 260 g/mol. The smallest absolute Gasteiger partial charge is 0.412 e. The third-order valence-electron chi connectivity index (χ3n) is 2.90. The number of amides is 1. The number of nitriles is 1. The minimum absolute atomic E-state index is 0.498. The molecule has 19 heavy (non-hydrogen) atoms. The van der Waals surface area contributed by atoms with Crippen molar-refractivity contribution >= 4 is 22.4 Å². The molecule has 1 aliphatic rings. The number of rotatable bonds is 1. The molecule has 2 rings (SSSR count). The Bertz CT molecular complexity index is 535. The second kappa shape index (κ2) is 5.22. The third kappa shape index (κ3) is 3.27. The molecule has 1 N–H and O–H groups in total. The van der Waals surface area contributed by atoms with Crippen molar-refractivity contribution in [1.82, 2.24) is 0 Å². The first-order valence-electron chi connectivity index (χ1n) is 6.45. The number of hydrogen-bond acceptors (Lipinski definition) is 4. The van der Waals surface area contributed by atoms with Crippen LogP contribution in [0.2, 0.25) is 0 Å². The van der Waals surface area contributed by atoms with Crippen LogP contribution in [-0.2, 0) is 17.6 Å². The first kappa shape index (κ1) is 13.9. The molecule has 1 aromatic rings. The highest BCUT2D eigenvalue weighted by atomic mass is 32.1. The van der Waals surface area contributed by atoms with Crippen molar-refractivity contribution in [3.63, 3.8) is 0 Å². The zero-order valence-corrected chi connectivity index (χ0v) is 12.3. The van der Waals surface area contributed by atoms with Crippen molar-refractivity contribution in [1.29, 1.82) is 5.26 Å². The van der Waals surface area contributed by atoms with E-state index in [4.69, 9.17) is 4.74 Å². The summed E-state index contributed by atoms with van der Waals surface area (Å²) in [5, 5.41) is 12.6. The summed E-state index contributed by atoms with van der Waals surface area (Å²) in [6.45, 7) is 5.45. The fraction of sp³-hybridized carbons (Fsp3) is 0.571. The third-order valence-corrected chi connectivity index (χ3v) is 4.10. The maximum absolute atomic E-state index is 11.8. The number of nitrogens with zero attached hydrogens (tertiary/aromatic N) is 1. The molecule has 1 amide bonds. The Morgan fingerprint density at radius 1 is 1.37 bits per heavy atom. The maximum Gasteiger partial charge on any atom is 0.412 e. The number of thiophene rings is 1. The van der Waals surface area contributed by atoms with Gasteiger partial charge in [-0.15, -0.1) is 11.3 Å². The summed E-state index contributed by atoms with van der Waals surface area (Å²) >= 11 is 1.51. The van der Waals surface area contributed by atoms with Crippen LogP contribution >= 0.6 is 11.3 Å². The van der Waals surface area contributed by atoms with Crippen molar-refractivity contribution in [2.24, 2.45) is 0 Å². The zero-order chi connectivity index (χ0) is 14.0. The van der Waals surface area contributed by atoms with E-state index in [1.54, 1.807) is 0 Å². The van der Waals surface area contributed by atoms with Crippen molar-refractivity contribution in [2.75, 3.05) is 5.32 Å². The van der Waals surface area contributed by atoms with Gasteiger partial charge in [0.25, 0.3) is 0 Å². The fourth-order valence-electron chi connectivity index (χ4n) is 2.17. The van der Waals surface area contributed by atoms with Gasteiger partial charge in [0.15, 0.2) is 0 Å². The van der Waals surface area contributed by atoms with Gasteiger partial charge >= 0.3 is 6.09 Å². The van der Waals surface area contributed by atoms with Gasteiger partial charge in [-0.2, -0.15) is 5.26 Å². The van der Waals surface area contributed by atoms with Crippen LogP contribution in [-0.4, -0.2) is 11.7 Å². The van der Waals surface area contributed by atoms with Gasteiger partial charge in [0.2, 0.25) is 0 Å². The Kier molecular flexibility index (Phi) is 3.81. The number of aryl methyl sites for hydroxylation is 1. The van der Waals surface area contributed by atoms with Gasteiger partial charge in [0, 0.05) is 4.88 Å². The molecular formula is C14H18N2O2S. The summed E-state index contributed by atoms with van der Waals surface area (Å²) in [6.07, 6.45) is 3.71. The first-order valence-corrected chi connectivity index (χ1v) is 7.27. The molecule has 1 aromatic heterocycles. The molecule has 0 spiro atoms. The van der Waals surface area contributed by atoms with Crippen LogP contribution in [0, 0.1) is 11.3 Å². The molecule has 1 heterocycles. The van der Waals surface area contributed by atoms with Gasteiger partial charge in [0.05, 0.1) is 5.56 Å². The second-order valence-corrected chi connectivity index (χ2v) is 6.76. The molecule has 4 nitrogen and oxygen atoms in total. The second-order valence-electron chi connectivity index (χ2n) is 5.65. The van der Waals surface area contributed by atoms with Gasteiger partial charge < -0.3 is 4.74 Å². The molecule has 5 heteroatoms. The van der Waals surface area contributed by atoms with Crippen LogP contribution in [0.25, 0.3) is 0 Å². The minimum atomic E-state index is -0.534. The zero-order valence-electron chi connectivity index (χ0n) is 11.5. The number of fused-ring (bicyclic) bond motifs is 1. The maximum atomic E-state index is 11.8. The van der Waals surface area contributed by atoms with Crippen LogP contribution < -0.4 is 5.32 Å². The molecule has 0 bridgehead atoms. The van der Waals surface area contributed by atoms with E-state index in [-0.39, 0.29) is 0 Å². The Balaban J connectivity index is 2.19. The fourth-order valence-corrected chi connectivity index (χ4v) is 3.39. The highest BCUT2D eigenvalue weighted by Crippen LogP contribution is 2.37. The van der Waals surface area contributed by atoms with Crippen molar-refractivity contribution in [3.8, 4) is 6.07 Å². The minimum Gasteiger partial charge on any atom is -0.444 e. The average Bonchev–Trinajstić information content (AvgIpc) is 2.63. The quantitative estimate of drug-likeness (QED) is 0.848. The van der Waals surface area contributed by atoms with E-state index in [1.807, 2.05) is 20.8 Å². The first-order chi connectivity index (χ1) is 8.90. The van der Waals surface area contributed by atoms with Crippen LogP contribution in [0.4, 0.5) is 9.80 Å². The monoisotopic (exact) mass is 278 g/mol. The number of nitrogens with one attached hydrogen (secondary N) is 1. The molecule has 0 radical (unpaired) electrons. The number of hydrogen-bond donors (Lipinski definition) is 1. The Morgan fingerprint density at radius 3 is 2.68 bits per heavy atom. The van der Waals surface area contributed by atoms with Gasteiger partial charge in [-0.25, -0.2) is 4.79 Å². The van der Waals surface area contributed by atoms with E-state index in [2.05, 4.69) is 11.4 Å². The van der Waals surface area contributed by atoms with Gasteiger partial charge in [0.1, 0.15) is 16.7 Å². The highest BCUT2D eigenvalue weighted by molar-refractivity contribution is 7.16. The lowest BCUT2D eigenvalue weighted by Gasteiger charge is -2.19. The van der Waals surface area contributed by atoms with E-state index in [0.717, 1.165) is 31.2 Å². The molecule has 0 saturated heterocycles. The number of carbonyl (C=O) groups excluding carboxylic acids is 1. The normalized spacial score (nSPS) is 14.4. The summed E-state index contributed by atoms with van der Waals surface area (Å²) < 4.78 is 5.22. The number of ether oxygens (including phenoxy) is 1. The number of carbonyl (C=O) groups is 1. The molecule has 1 aliphatic carbocycles. The van der Waals surface area contributed by atoms with Gasteiger partial charge in [-0.05, 0) is 52.0 Å². The lowest BCUT2D eigenvalue weighted by atomic mass is 9.96. The molecule has 0 fully saturated rings. The summed E-state index contributed by atoms with van der Waals surface area (Å²) in [7, 11) is 0. The summed E-state index contributed by atoms with van der Waals surface area (Å²) in [5.41, 5.74) is 1.20. The summed E-state index contributed by atoms with van der Waals surface area (Å²) in [6, 6.07) is 2.21. The summed E-state index contributed by atoms with van der Waals surface area (Å²) in [5.74, 6) is 0. The van der Waals surface area contributed by atoms with Crippen molar-refractivity contribution < 1.29 is 9.53 Å². The topological polar surface area (TPSA) is 62.1 Å². The van der Waals surface area contributed by atoms with Gasteiger partial charge in [-0.3, -0.25) is 5.32 Å². The predicted octanol–water partition coefficient (Wildman–Crippen LogP) is 3.85. The lowest BCUT2D eigenvalue weighted by Crippen LogP contribution is -2.27. The van der Waals surface area contributed by atoms with E-state index in [0.29, 0.717) is 10.6 Å². The van der Waals surface area contributed by atoms with Crippen LogP contribution in [0.5, 0.6) is 0 Å². The standard InChI is InChI=1S/C14H18N2O2S/c1-14(2,3)18-13(17)16-12-10(8-15)9-6-4-5-7-11(9)19-12/h4-7H2,1-3H3,(H,16,17). The summed E-state index contributed by atoms with van der Waals surface area (Å²) in [4.78, 5) is 13.0. The Morgan fingerprint density at radius 2 is 2.05 bits per heavy atom. The van der Waals surface area contributed by atoms with Crippen LogP contribution in [0.15, 0.2) is 0 Å². The lowest BCUT2D eigenvalue weighted by molar-refractivity contribution is 0.0636. The molecule has 0 saturated carbocycles. The molecule has 0 unspecified atom stereocenters. The predicted molar refractivity (Wildman–Crippen MR) is 75.5 cm³/mol. The molecule has 0 aromatic carbocycles. The van der Waals surface area contributed by atoms with Crippen molar-refractivity contribution in [2.45, 2.75) is 52.1 Å². The highest BCUT2D eigenvalue weighted by Gasteiger charge is 2.23. The van der Waals surface area contributed by atoms with E-state index >= 15 is 0 Å². The SMILES string of the molecule is CC(C)(C)OC(=O)Nc1sc2c(c1C#N)CCCC2. The van der Waals surface area contributed by atoms with E-state index in [1.165, 1.54) is 16.2 Å². The Labute approximate surface area is 117 Å². The van der Waals surface area contributed by atoms with Crippen molar-refractivity contribution in [3.05, 3.63) is 16.0 Å². The van der Waals surface area contributed by atoms with E-state index in [9.17, 15) is 10.1 Å².